The van der Waals surface area contributed by atoms with Crippen molar-refractivity contribution in [1.29, 1.82) is 0 Å². The van der Waals surface area contributed by atoms with Gasteiger partial charge in [-0.1, -0.05) is 0 Å². The van der Waals surface area contributed by atoms with Gasteiger partial charge in [-0.05, 0) is 32.6 Å². The number of carbonyl (C=O) groups excluding carboxylic acids is 1. The monoisotopic (exact) mass is 218 g/mol. The Balaban J connectivity index is 2.25. The molecule has 0 radical (unpaired) electrons. The molecule has 1 N–H and O–H groups in total. The van der Waals surface area contributed by atoms with E-state index in [4.69, 9.17) is 0 Å². The lowest BCUT2D eigenvalue weighted by atomic mass is 10.1. The van der Waals surface area contributed by atoms with Crippen LogP contribution in [0.25, 0.3) is 0 Å². The molecule has 14 heavy (non-hydrogen) atoms. The fraction of sp³-hybridized carbons (Fsp3) is 0.875. The Morgan fingerprint density at radius 1 is 1.50 bits per heavy atom. The molecule has 1 amide bonds. The maximum Gasteiger partial charge on any atom is 0.304 e. The lowest BCUT2D eigenvalue weighted by molar-refractivity contribution is -0.129. The second kappa shape index (κ2) is 2.70. The van der Waals surface area contributed by atoms with Crippen LogP contribution in [0.1, 0.15) is 26.7 Å². The molecule has 0 aromatic carbocycles. The molecule has 0 aromatic rings. The molecular weight excluding hydrogens is 204 g/mol. The van der Waals surface area contributed by atoms with Gasteiger partial charge in [0.15, 0.2) is 0 Å². The van der Waals surface area contributed by atoms with Crippen LogP contribution in [0.5, 0.6) is 0 Å². The summed E-state index contributed by atoms with van der Waals surface area (Å²) < 4.78 is 26.4. The Morgan fingerprint density at radius 2 is 2.07 bits per heavy atom. The normalized spacial score (nSPS) is 29.6. The van der Waals surface area contributed by atoms with E-state index >= 15 is 0 Å². The summed E-state index contributed by atoms with van der Waals surface area (Å²) in [5.41, 5.74) is -0.978. The quantitative estimate of drug-likeness (QED) is 0.701. The van der Waals surface area contributed by atoms with Gasteiger partial charge in [-0.25, -0.2) is 4.31 Å². The van der Waals surface area contributed by atoms with Crippen LogP contribution in [0.3, 0.4) is 0 Å². The maximum absolute atomic E-state index is 11.7. The van der Waals surface area contributed by atoms with Gasteiger partial charge < -0.3 is 0 Å². The van der Waals surface area contributed by atoms with E-state index in [0.29, 0.717) is 12.5 Å². The van der Waals surface area contributed by atoms with Gasteiger partial charge in [-0.15, -0.1) is 0 Å². The van der Waals surface area contributed by atoms with Gasteiger partial charge in [-0.3, -0.25) is 4.79 Å². The Morgan fingerprint density at radius 3 is 2.43 bits per heavy atom. The van der Waals surface area contributed by atoms with Crippen LogP contribution in [-0.4, -0.2) is 30.7 Å². The number of nitrogens with zero attached hydrogens (tertiary/aromatic N) is 1. The minimum absolute atomic E-state index is 0.343. The van der Waals surface area contributed by atoms with Crippen LogP contribution in [0.4, 0.5) is 0 Å². The second-order valence-corrected chi connectivity index (χ2v) is 6.11. The van der Waals surface area contributed by atoms with Gasteiger partial charge in [0, 0.05) is 6.54 Å². The van der Waals surface area contributed by atoms with E-state index < -0.39 is 15.7 Å². The van der Waals surface area contributed by atoms with Gasteiger partial charge in [0.1, 0.15) is 5.54 Å². The van der Waals surface area contributed by atoms with E-state index in [9.17, 15) is 13.2 Å². The van der Waals surface area contributed by atoms with E-state index in [1.54, 1.807) is 13.8 Å². The van der Waals surface area contributed by atoms with Crippen LogP contribution in [0.2, 0.25) is 0 Å². The fourth-order valence-electron chi connectivity index (χ4n) is 1.56. The van der Waals surface area contributed by atoms with Crippen LogP contribution in [0.15, 0.2) is 0 Å². The smallest absolute Gasteiger partial charge is 0.272 e. The van der Waals surface area contributed by atoms with Gasteiger partial charge >= 0.3 is 10.2 Å². The van der Waals surface area contributed by atoms with Crippen LogP contribution >= 0.6 is 0 Å². The molecule has 1 saturated heterocycles. The maximum atomic E-state index is 11.7. The molecule has 6 heteroatoms. The minimum Gasteiger partial charge on any atom is -0.272 e. The Bertz CT molecular complexity index is 370. The largest absolute Gasteiger partial charge is 0.304 e. The van der Waals surface area contributed by atoms with E-state index in [2.05, 4.69) is 4.72 Å². The van der Waals surface area contributed by atoms with Crippen molar-refractivity contribution in [3.63, 3.8) is 0 Å². The van der Waals surface area contributed by atoms with E-state index in [1.807, 2.05) is 0 Å². The standard InChI is InChI=1S/C8H14N2O3S/c1-8(2)7(11)10(5-6-3-4-6)14(12,13)9-8/h6,9H,3-5H2,1-2H3. The third-order valence-electron chi connectivity index (χ3n) is 2.56. The number of carbonyl (C=O) groups is 1. The zero-order chi connectivity index (χ0) is 10.6. The first kappa shape index (κ1) is 9.92. The van der Waals surface area contributed by atoms with Crippen molar-refractivity contribution in [3.8, 4) is 0 Å². The molecule has 2 aliphatic rings. The summed E-state index contributed by atoms with van der Waals surface area (Å²) in [6.07, 6.45) is 2.06. The number of rotatable bonds is 2. The molecule has 0 bridgehead atoms. The highest BCUT2D eigenvalue weighted by Crippen LogP contribution is 2.33. The summed E-state index contributed by atoms with van der Waals surface area (Å²) in [6.45, 7) is 3.51. The Labute approximate surface area is 83.6 Å². The molecule has 1 heterocycles. The average Bonchev–Trinajstić information content (AvgIpc) is 2.76. The van der Waals surface area contributed by atoms with Gasteiger partial charge in [-0.2, -0.15) is 13.1 Å². The first-order valence-electron chi connectivity index (χ1n) is 4.69. The van der Waals surface area contributed by atoms with Crippen LogP contribution < -0.4 is 4.72 Å². The number of hydrogen-bond acceptors (Lipinski definition) is 3. The summed E-state index contributed by atoms with van der Waals surface area (Å²) in [6, 6.07) is 0. The van der Waals surface area contributed by atoms with Gasteiger partial charge in [0.05, 0.1) is 0 Å². The van der Waals surface area contributed by atoms with Gasteiger partial charge in [0.2, 0.25) is 0 Å². The molecule has 2 fully saturated rings. The SMILES string of the molecule is CC1(C)NS(=O)(=O)N(CC2CC2)C1=O. The number of hydrogen-bond donors (Lipinski definition) is 1. The number of amides is 1. The predicted molar refractivity (Wildman–Crippen MR) is 50.6 cm³/mol. The van der Waals surface area contributed by atoms with Crippen molar-refractivity contribution >= 4 is 16.1 Å². The molecule has 1 aliphatic carbocycles. The average molecular weight is 218 g/mol. The summed E-state index contributed by atoms with van der Waals surface area (Å²) in [4.78, 5) is 11.7. The Hall–Kier alpha value is -0.620. The molecule has 5 nitrogen and oxygen atoms in total. The molecule has 0 unspecified atom stereocenters. The van der Waals surface area contributed by atoms with Gasteiger partial charge in [0.25, 0.3) is 5.91 Å². The molecule has 1 saturated carbocycles. The molecule has 2 rings (SSSR count). The first-order valence-corrected chi connectivity index (χ1v) is 6.13. The fourth-order valence-corrected chi connectivity index (χ4v) is 3.25. The summed E-state index contributed by atoms with van der Waals surface area (Å²) in [5.74, 6) is 0.0359. The lowest BCUT2D eigenvalue weighted by Gasteiger charge is -2.14. The zero-order valence-corrected chi connectivity index (χ0v) is 9.10. The van der Waals surface area contributed by atoms with E-state index in [0.717, 1.165) is 17.1 Å². The van der Waals surface area contributed by atoms with Crippen LogP contribution in [0, 0.1) is 5.92 Å². The highest BCUT2D eigenvalue weighted by atomic mass is 32.2. The van der Waals surface area contributed by atoms with Crippen molar-refractivity contribution in [3.05, 3.63) is 0 Å². The van der Waals surface area contributed by atoms with E-state index in [-0.39, 0.29) is 5.91 Å². The number of nitrogens with one attached hydrogen (secondary N) is 1. The highest BCUT2D eigenvalue weighted by molar-refractivity contribution is 7.88. The third kappa shape index (κ3) is 1.52. The summed E-state index contributed by atoms with van der Waals surface area (Å²) in [5, 5.41) is 0. The molecule has 0 atom stereocenters. The minimum atomic E-state index is -3.57. The Kier molecular flexibility index (Phi) is 1.91. The molecular formula is C8H14N2O3S. The molecule has 0 aromatic heterocycles. The van der Waals surface area contributed by atoms with Crippen LogP contribution in [-0.2, 0) is 15.0 Å². The van der Waals surface area contributed by atoms with Crippen molar-refractivity contribution in [2.24, 2.45) is 5.92 Å². The molecule has 80 valence electrons. The van der Waals surface area contributed by atoms with Crippen molar-refractivity contribution in [1.82, 2.24) is 9.03 Å². The second-order valence-electron chi connectivity index (χ2n) is 4.51. The predicted octanol–water partition coefficient (Wildman–Crippen LogP) is -0.148. The lowest BCUT2D eigenvalue weighted by Crippen LogP contribution is -2.40. The highest BCUT2D eigenvalue weighted by Gasteiger charge is 2.49. The van der Waals surface area contributed by atoms with Crippen molar-refractivity contribution < 1.29 is 13.2 Å². The summed E-state index contributed by atoms with van der Waals surface area (Å²) >= 11 is 0. The molecule has 1 aliphatic heterocycles. The van der Waals surface area contributed by atoms with Crippen molar-refractivity contribution in [2.75, 3.05) is 6.54 Å². The third-order valence-corrected chi connectivity index (χ3v) is 4.22. The first-order chi connectivity index (χ1) is 6.33. The summed E-state index contributed by atoms with van der Waals surface area (Å²) in [7, 11) is -3.57. The van der Waals surface area contributed by atoms with E-state index in [1.165, 1.54) is 0 Å². The topological polar surface area (TPSA) is 66.5 Å². The zero-order valence-electron chi connectivity index (χ0n) is 8.28. The van der Waals surface area contributed by atoms with Crippen molar-refractivity contribution in [2.45, 2.75) is 32.2 Å². The molecule has 0 spiro atoms.